The van der Waals surface area contributed by atoms with Crippen molar-refractivity contribution in [2.75, 3.05) is 6.54 Å². The largest absolute Gasteiger partial charge is 0.353 e. The molecule has 0 aromatic heterocycles. The summed E-state index contributed by atoms with van der Waals surface area (Å²) in [4.78, 5) is 2.43. The molecule has 2 aromatic carbocycles. The zero-order valence-electron chi connectivity index (χ0n) is 12.1. The van der Waals surface area contributed by atoms with Gasteiger partial charge in [-0.15, -0.1) is 0 Å². The number of halogens is 2. The number of nitrogens with zero attached hydrogens (tertiary/aromatic N) is 1. The summed E-state index contributed by atoms with van der Waals surface area (Å²) >= 11 is 12.9. The monoisotopic (exact) mass is 333 g/mol. The van der Waals surface area contributed by atoms with E-state index in [-0.39, 0.29) is 18.4 Å². The van der Waals surface area contributed by atoms with Gasteiger partial charge in [-0.05, 0) is 30.5 Å². The average molecular weight is 334 g/mol. The van der Waals surface area contributed by atoms with Crippen molar-refractivity contribution in [2.45, 2.75) is 31.2 Å². The quantitative estimate of drug-likeness (QED) is 0.746. The Kier molecular flexibility index (Phi) is 3.87. The van der Waals surface area contributed by atoms with Crippen LogP contribution in [0.5, 0.6) is 0 Å². The van der Waals surface area contributed by atoms with Crippen LogP contribution in [0.15, 0.2) is 48.5 Å². The van der Waals surface area contributed by atoms with Crippen molar-refractivity contribution in [1.82, 2.24) is 4.90 Å². The summed E-state index contributed by atoms with van der Waals surface area (Å²) in [5.41, 5.74) is 2.17. The number of benzene rings is 2. The Balaban J connectivity index is 1.80. The van der Waals surface area contributed by atoms with Crippen LogP contribution in [0.2, 0.25) is 10.0 Å². The summed E-state index contributed by atoms with van der Waals surface area (Å²) in [6, 6.07) is 16.1. The summed E-state index contributed by atoms with van der Waals surface area (Å²) in [5, 5.41) is 1.55. The molecule has 2 aromatic rings. The molecule has 1 unspecified atom stereocenters. The molecule has 3 atom stereocenters. The minimum absolute atomic E-state index is 0.0705. The van der Waals surface area contributed by atoms with Gasteiger partial charge in [0.05, 0.1) is 6.04 Å². The Morgan fingerprint density at radius 1 is 0.909 bits per heavy atom. The van der Waals surface area contributed by atoms with Crippen LogP contribution in [-0.4, -0.2) is 17.7 Å². The van der Waals surface area contributed by atoms with Crippen LogP contribution >= 0.6 is 23.2 Å². The smallest absolute Gasteiger partial charge is 0.112 e. The topological polar surface area (TPSA) is 12.5 Å². The molecule has 0 bridgehead atoms. The molecule has 0 amide bonds. The van der Waals surface area contributed by atoms with Gasteiger partial charge in [-0.1, -0.05) is 59.6 Å². The highest BCUT2D eigenvalue weighted by Gasteiger charge is 2.46. The summed E-state index contributed by atoms with van der Waals surface area (Å²) in [7, 11) is 0. The molecule has 2 aliphatic rings. The zero-order chi connectivity index (χ0) is 15.1. The van der Waals surface area contributed by atoms with E-state index in [9.17, 15) is 0 Å². The molecule has 2 nitrogen and oxygen atoms in total. The molecule has 0 N–H and O–H groups in total. The Labute approximate surface area is 140 Å². The molecule has 0 saturated carbocycles. The van der Waals surface area contributed by atoms with Crippen LogP contribution in [0, 0.1) is 0 Å². The minimum atomic E-state index is -0.0705. The maximum atomic E-state index is 6.47. The lowest BCUT2D eigenvalue weighted by Crippen LogP contribution is -2.27. The van der Waals surface area contributed by atoms with Crippen molar-refractivity contribution in [3.63, 3.8) is 0 Å². The van der Waals surface area contributed by atoms with E-state index in [1.807, 2.05) is 36.4 Å². The van der Waals surface area contributed by atoms with Crippen molar-refractivity contribution in [3.05, 3.63) is 69.7 Å². The van der Waals surface area contributed by atoms with Crippen LogP contribution < -0.4 is 0 Å². The standard InChI is InChI=1S/C18H17Cl2NO/c19-14-8-3-1-6-12(14)17-18(13-7-2-4-9-15(13)20)22-16-10-5-11-21(16)17/h1-4,6-9,16-18H,5,10-11H2/t16?,17-,18-/m1/s1. The lowest BCUT2D eigenvalue weighted by atomic mass is 9.95. The molecule has 2 saturated heterocycles. The zero-order valence-corrected chi connectivity index (χ0v) is 13.6. The van der Waals surface area contributed by atoms with Gasteiger partial charge in [-0.25, -0.2) is 0 Å². The molecular formula is C18H17Cl2NO. The second kappa shape index (κ2) is 5.86. The fraction of sp³-hybridized carbons (Fsp3) is 0.333. The molecular weight excluding hydrogens is 317 g/mol. The highest BCUT2D eigenvalue weighted by Crippen LogP contribution is 2.50. The Bertz CT molecular complexity index is 690. The maximum absolute atomic E-state index is 6.47. The van der Waals surface area contributed by atoms with Gasteiger partial charge in [0.15, 0.2) is 0 Å². The van der Waals surface area contributed by atoms with Crippen molar-refractivity contribution in [3.8, 4) is 0 Å². The van der Waals surface area contributed by atoms with E-state index in [0.29, 0.717) is 0 Å². The second-order valence-electron chi connectivity index (χ2n) is 5.88. The van der Waals surface area contributed by atoms with Crippen molar-refractivity contribution < 1.29 is 4.74 Å². The fourth-order valence-corrected chi connectivity index (χ4v) is 4.14. The normalized spacial score (nSPS) is 28.0. The van der Waals surface area contributed by atoms with Gasteiger partial charge in [0.25, 0.3) is 0 Å². The lowest BCUT2D eigenvalue weighted by molar-refractivity contribution is 0.0174. The van der Waals surface area contributed by atoms with Crippen LogP contribution in [0.3, 0.4) is 0 Å². The maximum Gasteiger partial charge on any atom is 0.112 e. The molecule has 2 aliphatic heterocycles. The van der Waals surface area contributed by atoms with Crippen molar-refractivity contribution >= 4 is 23.2 Å². The third kappa shape index (κ3) is 2.35. The van der Waals surface area contributed by atoms with Gasteiger partial charge in [0, 0.05) is 22.2 Å². The number of hydrogen-bond donors (Lipinski definition) is 0. The first-order valence-electron chi connectivity index (χ1n) is 7.66. The van der Waals surface area contributed by atoms with Gasteiger partial charge < -0.3 is 4.74 Å². The molecule has 4 heteroatoms. The summed E-state index contributed by atoms with van der Waals surface area (Å²) in [6.07, 6.45) is 2.34. The van der Waals surface area contributed by atoms with E-state index in [4.69, 9.17) is 27.9 Å². The van der Waals surface area contributed by atoms with Crippen molar-refractivity contribution in [1.29, 1.82) is 0 Å². The number of fused-ring (bicyclic) bond motifs is 1. The molecule has 4 rings (SSSR count). The third-order valence-electron chi connectivity index (χ3n) is 4.62. The first-order valence-corrected chi connectivity index (χ1v) is 8.41. The molecule has 0 aliphatic carbocycles. The molecule has 114 valence electrons. The van der Waals surface area contributed by atoms with E-state index in [2.05, 4.69) is 17.0 Å². The summed E-state index contributed by atoms with van der Waals surface area (Å²) in [5.74, 6) is 0. The van der Waals surface area contributed by atoms with E-state index in [1.165, 1.54) is 6.42 Å². The van der Waals surface area contributed by atoms with Crippen LogP contribution in [0.4, 0.5) is 0 Å². The SMILES string of the molecule is Clc1ccccc1[C@H]1OC2CCCN2[C@@H]1c1ccccc1Cl. The Morgan fingerprint density at radius 3 is 2.23 bits per heavy atom. The fourth-order valence-electron chi connectivity index (χ4n) is 3.65. The molecule has 22 heavy (non-hydrogen) atoms. The highest BCUT2D eigenvalue weighted by molar-refractivity contribution is 6.31. The van der Waals surface area contributed by atoms with Crippen LogP contribution in [0.1, 0.15) is 36.1 Å². The number of ether oxygens (including phenoxy) is 1. The summed E-state index contributed by atoms with van der Waals surface area (Å²) in [6.45, 7) is 1.04. The number of hydrogen-bond acceptors (Lipinski definition) is 2. The highest BCUT2D eigenvalue weighted by atomic mass is 35.5. The van der Waals surface area contributed by atoms with E-state index >= 15 is 0 Å². The van der Waals surface area contributed by atoms with Crippen LogP contribution in [0.25, 0.3) is 0 Å². The third-order valence-corrected chi connectivity index (χ3v) is 5.31. The van der Waals surface area contributed by atoms with E-state index in [0.717, 1.165) is 34.1 Å². The number of rotatable bonds is 2. The summed E-state index contributed by atoms with van der Waals surface area (Å²) < 4.78 is 6.36. The van der Waals surface area contributed by atoms with Gasteiger partial charge in [-0.2, -0.15) is 0 Å². The van der Waals surface area contributed by atoms with Gasteiger partial charge in [0.2, 0.25) is 0 Å². The van der Waals surface area contributed by atoms with Crippen LogP contribution in [-0.2, 0) is 4.74 Å². The molecule has 2 fully saturated rings. The molecule has 0 spiro atoms. The first-order chi connectivity index (χ1) is 10.8. The van der Waals surface area contributed by atoms with E-state index < -0.39 is 0 Å². The average Bonchev–Trinajstić information content (AvgIpc) is 3.09. The Hall–Kier alpha value is -1.06. The molecule has 0 radical (unpaired) electrons. The predicted octanol–water partition coefficient (Wildman–Crippen LogP) is 5.23. The first kappa shape index (κ1) is 14.5. The van der Waals surface area contributed by atoms with Gasteiger partial charge in [-0.3, -0.25) is 4.90 Å². The predicted molar refractivity (Wildman–Crippen MR) is 89.2 cm³/mol. The van der Waals surface area contributed by atoms with Crippen molar-refractivity contribution in [2.24, 2.45) is 0 Å². The van der Waals surface area contributed by atoms with E-state index in [1.54, 1.807) is 0 Å². The lowest BCUT2D eigenvalue weighted by Gasteiger charge is -2.26. The second-order valence-corrected chi connectivity index (χ2v) is 6.69. The minimum Gasteiger partial charge on any atom is -0.353 e. The Morgan fingerprint density at radius 2 is 1.55 bits per heavy atom. The molecule has 2 heterocycles. The van der Waals surface area contributed by atoms with Gasteiger partial charge in [0.1, 0.15) is 12.3 Å². The van der Waals surface area contributed by atoms with Gasteiger partial charge >= 0.3 is 0 Å².